The Morgan fingerprint density at radius 1 is 1.24 bits per heavy atom. The molecule has 0 saturated carbocycles. The highest BCUT2D eigenvalue weighted by Gasteiger charge is 2.14. The van der Waals surface area contributed by atoms with Crippen LogP contribution < -0.4 is 5.32 Å². The van der Waals surface area contributed by atoms with Gasteiger partial charge < -0.3 is 5.32 Å². The minimum atomic E-state index is -0.179. The lowest BCUT2D eigenvalue weighted by molar-refractivity contribution is 0.102. The van der Waals surface area contributed by atoms with Crippen molar-refractivity contribution in [2.45, 2.75) is 26.7 Å². The number of anilines is 1. The van der Waals surface area contributed by atoms with E-state index in [9.17, 15) is 4.79 Å². The Labute approximate surface area is 137 Å². The molecule has 110 valence electrons. The summed E-state index contributed by atoms with van der Waals surface area (Å²) in [4.78, 5) is 16.4. The summed E-state index contributed by atoms with van der Waals surface area (Å²) in [6, 6.07) is 7.32. The Bertz CT molecular complexity index is 656. The molecule has 0 aliphatic carbocycles. The van der Waals surface area contributed by atoms with E-state index in [1.807, 2.05) is 19.1 Å². The van der Waals surface area contributed by atoms with Gasteiger partial charge in [-0.2, -0.15) is 0 Å². The van der Waals surface area contributed by atoms with E-state index in [2.05, 4.69) is 33.2 Å². The van der Waals surface area contributed by atoms with Crippen LogP contribution >= 0.6 is 27.5 Å². The van der Waals surface area contributed by atoms with Crippen LogP contribution in [0.5, 0.6) is 0 Å². The van der Waals surface area contributed by atoms with Crippen LogP contribution in [0.25, 0.3) is 0 Å². The average Bonchev–Trinajstić information content (AvgIpc) is 2.48. The van der Waals surface area contributed by atoms with Crippen LogP contribution in [0.2, 0.25) is 5.02 Å². The number of halogens is 2. The Morgan fingerprint density at radius 3 is 2.57 bits per heavy atom. The van der Waals surface area contributed by atoms with Gasteiger partial charge in [0.05, 0.1) is 5.56 Å². The van der Waals surface area contributed by atoms with Gasteiger partial charge in [0.15, 0.2) is 0 Å². The van der Waals surface area contributed by atoms with Crippen molar-refractivity contribution >= 4 is 39.1 Å². The number of rotatable bonds is 4. The lowest BCUT2D eigenvalue weighted by Gasteiger charge is -2.16. The summed E-state index contributed by atoms with van der Waals surface area (Å²) in [5.74, 6) is -0.179. The fourth-order valence-corrected chi connectivity index (χ4v) is 2.69. The molecule has 1 aromatic heterocycles. The molecule has 1 N–H and O–H groups in total. The van der Waals surface area contributed by atoms with E-state index in [-0.39, 0.29) is 5.91 Å². The maximum absolute atomic E-state index is 12.4. The van der Waals surface area contributed by atoms with Crippen LogP contribution in [-0.4, -0.2) is 10.9 Å². The van der Waals surface area contributed by atoms with Gasteiger partial charge in [0, 0.05) is 16.9 Å². The van der Waals surface area contributed by atoms with Gasteiger partial charge in [-0.15, -0.1) is 0 Å². The second kappa shape index (κ2) is 7.05. The predicted octanol–water partition coefficient (Wildman–Crippen LogP) is 4.87. The maximum Gasteiger partial charge on any atom is 0.257 e. The van der Waals surface area contributed by atoms with Crippen molar-refractivity contribution < 1.29 is 4.79 Å². The molecule has 0 aliphatic rings. The normalized spacial score (nSPS) is 10.5. The minimum Gasteiger partial charge on any atom is -0.321 e. The predicted molar refractivity (Wildman–Crippen MR) is 90.1 cm³/mol. The Morgan fingerprint density at radius 2 is 2.00 bits per heavy atom. The summed E-state index contributed by atoms with van der Waals surface area (Å²) in [6.07, 6.45) is 3.14. The van der Waals surface area contributed by atoms with E-state index >= 15 is 0 Å². The van der Waals surface area contributed by atoms with E-state index in [0.29, 0.717) is 15.2 Å². The van der Waals surface area contributed by atoms with E-state index in [0.717, 1.165) is 29.7 Å². The molecule has 0 radical (unpaired) electrons. The Kier molecular flexibility index (Phi) is 5.37. The first-order chi connectivity index (χ1) is 10.1. The third-order valence-corrected chi connectivity index (χ3v) is 4.13. The van der Waals surface area contributed by atoms with Crippen molar-refractivity contribution in [3.05, 3.63) is 56.8 Å². The first kappa shape index (κ1) is 16.0. The molecule has 0 unspecified atom stereocenters. The fraction of sp³-hybridized carbons (Fsp3) is 0.250. The van der Waals surface area contributed by atoms with Crippen LogP contribution in [0.4, 0.5) is 5.69 Å². The maximum atomic E-state index is 12.4. The number of nitrogens with zero attached hydrogens (tertiary/aromatic N) is 1. The van der Waals surface area contributed by atoms with Crippen LogP contribution in [0.15, 0.2) is 35.1 Å². The highest BCUT2D eigenvalue weighted by molar-refractivity contribution is 9.10. The van der Waals surface area contributed by atoms with E-state index in [1.54, 1.807) is 18.3 Å². The Hall–Kier alpha value is -1.39. The Balaban J connectivity index is 2.36. The molecule has 1 aromatic carbocycles. The molecule has 0 bridgehead atoms. The average molecular weight is 368 g/mol. The van der Waals surface area contributed by atoms with Crippen LogP contribution in [0, 0.1) is 0 Å². The minimum absolute atomic E-state index is 0.179. The van der Waals surface area contributed by atoms with Crippen molar-refractivity contribution in [1.82, 2.24) is 4.98 Å². The van der Waals surface area contributed by atoms with Crippen LogP contribution in [0.1, 0.15) is 35.3 Å². The molecule has 0 fully saturated rings. The third-order valence-electron chi connectivity index (χ3n) is 3.30. The van der Waals surface area contributed by atoms with E-state index in [1.165, 1.54) is 0 Å². The zero-order valence-electron chi connectivity index (χ0n) is 11.9. The number of benzene rings is 1. The highest BCUT2D eigenvalue weighted by Crippen LogP contribution is 2.29. The molecular weight excluding hydrogens is 352 g/mol. The molecular formula is C16H16BrClN2O. The van der Waals surface area contributed by atoms with Gasteiger partial charge in [0.2, 0.25) is 0 Å². The molecule has 0 aliphatic heterocycles. The van der Waals surface area contributed by atoms with Gasteiger partial charge >= 0.3 is 0 Å². The first-order valence-electron chi connectivity index (χ1n) is 6.80. The number of carbonyl (C=O) groups excluding carboxylic acids is 1. The molecule has 2 aromatic rings. The number of pyridine rings is 1. The van der Waals surface area contributed by atoms with Gasteiger partial charge in [-0.05, 0) is 58.1 Å². The highest BCUT2D eigenvalue weighted by atomic mass is 79.9. The summed E-state index contributed by atoms with van der Waals surface area (Å²) in [5, 5.41) is 3.66. The third kappa shape index (κ3) is 3.63. The van der Waals surface area contributed by atoms with Gasteiger partial charge in [-0.1, -0.05) is 31.5 Å². The van der Waals surface area contributed by atoms with Gasteiger partial charge in [0.1, 0.15) is 4.60 Å². The molecule has 2 rings (SSSR count). The largest absolute Gasteiger partial charge is 0.321 e. The number of aromatic nitrogens is 1. The van der Waals surface area contributed by atoms with Crippen molar-refractivity contribution in [2.75, 3.05) is 5.32 Å². The summed E-state index contributed by atoms with van der Waals surface area (Å²) in [6.45, 7) is 4.08. The zero-order valence-corrected chi connectivity index (χ0v) is 14.3. The summed E-state index contributed by atoms with van der Waals surface area (Å²) < 4.78 is 0.699. The van der Waals surface area contributed by atoms with Crippen LogP contribution in [0.3, 0.4) is 0 Å². The summed E-state index contributed by atoms with van der Waals surface area (Å²) in [7, 11) is 0. The van der Waals surface area contributed by atoms with Gasteiger partial charge in [0.25, 0.3) is 5.91 Å². The second-order valence-corrected chi connectivity index (χ2v) is 5.81. The SMILES string of the molecule is CCc1ccc(Cl)c(CC)c1NC(=O)c1ccc(Br)nc1. The molecule has 1 heterocycles. The number of aryl methyl sites for hydroxylation is 1. The number of carbonyl (C=O) groups is 1. The molecule has 0 saturated heterocycles. The lowest BCUT2D eigenvalue weighted by Crippen LogP contribution is -2.15. The molecule has 1 amide bonds. The number of hydrogen-bond donors (Lipinski definition) is 1. The molecule has 0 atom stereocenters. The van der Waals surface area contributed by atoms with Crippen molar-refractivity contribution in [3.63, 3.8) is 0 Å². The monoisotopic (exact) mass is 366 g/mol. The van der Waals surface area contributed by atoms with Gasteiger partial charge in [-0.3, -0.25) is 4.79 Å². The number of nitrogens with one attached hydrogen (secondary N) is 1. The quantitative estimate of drug-likeness (QED) is 0.783. The molecule has 21 heavy (non-hydrogen) atoms. The second-order valence-electron chi connectivity index (χ2n) is 4.59. The fourth-order valence-electron chi connectivity index (χ4n) is 2.16. The van der Waals surface area contributed by atoms with Crippen molar-refractivity contribution in [1.29, 1.82) is 0 Å². The summed E-state index contributed by atoms with van der Waals surface area (Å²) in [5.41, 5.74) is 3.38. The topological polar surface area (TPSA) is 42.0 Å². The van der Waals surface area contributed by atoms with Crippen molar-refractivity contribution in [2.24, 2.45) is 0 Å². The first-order valence-corrected chi connectivity index (χ1v) is 7.97. The van der Waals surface area contributed by atoms with Crippen LogP contribution in [-0.2, 0) is 12.8 Å². The lowest BCUT2D eigenvalue weighted by atomic mass is 10.0. The molecule has 5 heteroatoms. The number of hydrogen-bond acceptors (Lipinski definition) is 2. The van der Waals surface area contributed by atoms with Gasteiger partial charge in [-0.25, -0.2) is 4.98 Å². The van der Waals surface area contributed by atoms with E-state index < -0.39 is 0 Å². The molecule has 3 nitrogen and oxygen atoms in total. The number of amides is 1. The standard InChI is InChI=1S/C16H16BrClN2O/c1-3-10-5-7-13(18)12(4-2)15(10)20-16(21)11-6-8-14(17)19-9-11/h5-9H,3-4H2,1-2H3,(H,20,21). The van der Waals surface area contributed by atoms with Crippen molar-refractivity contribution in [3.8, 4) is 0 Å². The summed E-state index contributed by atoms with van der Waals surface area (Å²) >= 11 is 9.50. The zero-order chi connectivity index (χ0) is 15.4. The van der Waals surface area contributed by atoms with E-state index in [4.69, 9.17) is 11.6 Å². The molecule has 0 spiro atoms. The smallest absolute Gasteiger partial charge is 0.257 e.